The van der Waals surface area contributed by atoms with Crippen LogP contribution in [0.3, 0.4) is 0 Å². The molecule has 0 aliphatic carbocycles. The Morgan fingerprint density at radius 2 is 1.56 bits per heavy atom. The summed E-state index contributed by atoms with van der Waals surface area (Å²) in [4.78, 5) is 41.8. The van der Waals surface area contributed by atoms with Gasteiger partial charge in [-0.2, -0.15) is 0 Å². The molecule has 1 aliphatic heterocycles. The molecule has 4 rings (SSSR count). The molecule has 216 valence electrons. The molecule has 1 atom stereocenters. The first-order valence-electron chi connectivity index (χ1n) is 13.4. The van der Waals surface area contributed by atoms with Crippen LogP contribution in [-0.4, -0.2) is 53.5 Å². The quantitative estimate of drug-likeness (QED) is 0.339. The molecule has 3 aromatic rings. The van der Waals surface area contributed by atoms with Crippen LogP contribution in [0.15, 0.2) is 88.2 Å². The van der Waals surface area contributed by atoms with Gasteiger partial charge in [-0.3, -0.25) is 14.4 Å². The highest BCUT2D eigenvalue weighted by atomic mass is 79.9. The van der Waals surface area contributed by atoms with Crippen molar-refractivity contribution in [3.63, 3.8) is 0 Å². The van der Waals surface area contributed by atoms with E-state index < -0.39 is 27.5 Å². The zero-order valence-electron chi connectivity index (χ0n) is 23.3. The van der Waals surface area contributed by atoms with Crippen LogP contribution in [0.1, 0.15) is 55.1 Å². The Kier molecular flexibility index (Phi) is 9.34. The van der Waals surface area contributed by atoms with Gasteiger partial charge in [-0.1, -0.05) is 70.5 Å². The molecule has 3 aromatic carbocycles. The van der Waals surface area contributed by atoms with Crippen molar-refractivity contribution in [2.24, 2.45) is 0 Å². The Morgan fingerprint density at radius 3 is 2.20 bits per heavy atom. The second-order valence-corrected chi connectivity index (χ2v) is 13.8. The maximum atomic E-state index is 13.8. The highest BCUT2D eigenvalue weighted by Crippen LogP contribution is 2.30. The Balaban J connectivity index is 1.58. The maximum Gasteiger partial charge on any atom is 0.269 e. The van der Waals surface area contributed by atoms with E-state index in [1.807, 2.05) is 75.4 Å². The van der Waals surface area contributed by atoms with Crippen LogP contribution in [0.25, 0.3) is 0 Å². The molecule has 0 saturated heterocycles. The minimum Gasteiger partial charge on any atom is -0.350 e. The lowest BCUT2D eigenvalue weighted by molar-refractivity contribution is -0.142. The summed E-state index contributed by atoms with van der Waals surface area (Å²) >= 11 is 3.44. The molecule has 1 N–H and O–H groups in total. The van der Waals surface area contributed by atoms with E-state index in [0.29, 0.717) is 6.42 Å². The van der Waals surface area contributed by atoms with Crippen LogP contribution < -0.4 is 5.32 Å². The molecule has 1 heterocycles. The van der Waals surface area contributed by atoms with E-state index in [2.05, 4.69) is 21.2 Å². The van der Waals surface area contributed by atoms with E-state index in [0.717, 1.165) is 19.9 Å². The smallest absolute Gasteiger partial charge is 0.269 e. The molecule has 3 amide bonds. The maximum absolute atomic E-state index is 13.8. The fraction of sp³-hybridized carbons (Fsp3) is 0.323. The van der Waals surface area contributed by atoms with E-state index >= 15 is 0 Å². The highest BCUT2D eigenvalue weighted by Gasteiger charge is 2.40. The van der Waals surface area contributed by atoms with Gasteiger partial charge in [0, 0.05) is 35.9 Å². The minimum atomic E-state index is -3.97. The van der Waals surface area contributed by atoms with Crippen LogP contribution in [0.5, 0.6) is 0 Å². The van der Waals surface area contributed by atoms with Gasteiger partial charge in [0.25, 0.3) is 15.9 Å². The molecule has 0 fully saturated rings. The number of fused-ring (bicyclic) bond motifs is 1. The summed E-state index contributed by atoms with van der Waals surface area (Å²) in [5.74, 6) is -1.18. The second kappa shape index (κ2) is 12.6. The number of nitrogens with one attached hydrogen (secondary N) is 1. The Morgan fingerprint density at radius 1 is 0.927 bits per heavy atom. The van der Waals surface area contributed by atoms with Crippen molar-refractivity contribution in [2.75, 3.05) is 6.54 Å². The molecule has 0 radical (unpaired) electrons. The topological polar surface area (TPSA) is 104 Å². The van der Waals surface area contributed by atoms with Crippen molar-refractivity contribution in [1.82, 2.24) is 14.5 Å². The van der Waals surface area contributed by atoms with Crippen molar-refractivity contribution in [1.29, 1.82) is 0 Å². The van der Waals surface area contributed by atoms with E-state index in [4.69, 9.17) is 0 Å². The average Bonchev–Trinajstić information content (AvgIpc) is 3.11. The SMILES string of the molecule is CC(C)(C)NC(=O)[C@H](Cc1ccccc1)N(Cc1ccc(Br)cc1)C(=O)CCCN1C(=O)c2ccccc2S1(=O)=O. The molecular formula is C31H34BrN3O5S. The predicted octanol–water partition coefficient (Wildman–Crippen LogP) is 4.93. The van der Waals surface area contributed by atoms with Gasteiger partial charge in [0.2, 0.25) is 11.8 Å². The fourth-order valence-corrected chi connectivity index (χ4v) is 6.63. The van der Waals surface area contributed by atoms with Crippen molar-refractivity contribution in [2.45, 2.75) is 63.1 Å². The van der Waals surface area contributed by atoms with Crippen molar-refractivity contribution in [3.8, 4) is 0 Å². The normalized spacial score (nSPS) is 14.8. The molecule has 41 heavy (non-hydrogen) atoms. The number of hydrogen-bond donors (Lipinski definition) is 1. The summed E-state index contributed by atoms with van der Waals surface area (Å²) in [5.41, 5.74) is 1.37. The standard InChI is InChI=1S/C31H34BrN3O5S/c1-31(2,3)33-29(37)26(20-22-10-5-4-6-11-22)34(21-23-15-17-24(32)18-16-23)28(36)14-9-19-35-30(38)25-12-7-8-13-27(25)41(35,39)40/h4-8,10-13,15-18,26H,9,14,19-21H2,1-3H3,(H,33,37)/t26-/m0/s1. The number of nitrogens with zero attached hydrogens (tertiary/aromatic N) is 2. The number of rotatable bonds is 10. The fourth-order valence-electron chi connectivity index (χ4n) is 4.76. The molecule has 0 unspecified atom stereocenters. The predicted molar refractivity (Wildman–Crippen MR) is 160 cm³/mol. The summed E-state index contributed by atoms with van der Waals surface area (Å²) in [5, 5.41) is 3.02. The first-order chi connectivity index (χ1) is 19.4. The number of sulfonamides is 1. The number of benzene rings is 3. The zero-order chi connectivity index (χ0) is 29.8. The third-order valence-electron chi connectivity index (χ3n) is 6.70. The van der Waals surface area contributed by atoms with Gasteiger partial charge in [-0.05, 0) is 62.6 Å². The summed E-state index contributed by atoms with van der Waals surface area (Å²) in [6, 6.07) is 22.3. The van der Waals surface area contributed by atoms with Crippen LogP contribution >= 0.6 is 15.9 Å². The monoisotopic (exact) mass is 639 g/mol. The third kappa shape index (κ3) is 7.42. The second-order valence-electron chi connectivity index (χ2n) is 11.1. The summed E-state index contributed by atoms with van der Waals surface area (Å²) in [6.45, 7) is 5.71. The van der Waals surface area contributed by atoms with Crippen molar-refractivity contribution < 1.29 is 22.8 Å². The van der Waals surface area contributed by atoms with E-state index in [1.165, 1.54) is 12.1 Å². The van der Waals surface area contributed by atoms with Gasteiger partial charge < -0.3 is 10.2 Å². The number of halogens is 1. The third-order valence-corrected chi connectivity index (χ3v) is 9.07. The number of hydrogen-bond acceptors (Lipinski definition) is 5. The summed E-state index contributed by atoms with van der Waals surface area (Å²) in [6.07, 6.45) is 0.382. The number of amides is 3. The van der Waals surface area contributed by atoms with Gasteiger partial charge in [-0.25, -0.2) is 12.7 Å². The molecule has 0 bridgehead atoms. The van der Waals surface area contributed by atoms with E-state index in [1.54, 1.807) is 17.0 Å². The van der Waals surface area contributed by atoms with Gasteiger partial charge in [-0.15, -0.1) is 0 Å². The summed E-state index contributed by atoms with van der Waals surface area (Å²) < 4.78 is 27.6. The molecular weight excluding hydrogens is 606 g/mol. The Labute approximate surface area is 249 Å². The summed E-state index contributed by atoms with van der Waals surface area (Å²) in [7, 11) is -3.97. The van der Waals surface area contributed by atoms with Crippen LogP contribution in [0, 0.1) is 0 Å². The lowest BCUT2D eigenvalue weighted by Crippen LogP contribution is -2.54. The van der Waals surface area contributed by atoms with E-state index in [9.17, 15) is 22.8 Å². The molecule has 10 heteroatoms. The largest absolute Gasteiger partial charge is 0.350 e. The molecule has 0 aromatic heterocycles. The highest BCUT2D eigenvalue weighted by molar-refractivity contribution is 9.10. The lowest BCUT2D eigenvalue weighted by Gasteiger charge is -2.34. The molecule has 0 spiro atoms. The van der Waals surface area contributed by atoms with Crippen LogP contribution in [0.2, 0.25) is 0 Å². The molecule has 1 aliphatic rings. The first-order valence-corrected chi connectivity index (χ1v) is 15.7. The van der Waals surface area contributed by atoms with Gasteiger partial charge in [0.15, 0.2) is 0 Å². The Bertz CT molecular complexity index is 1520. The molecule has 8 nitrogen and oxygen atoms in total. The van der Waals surface area contributed by atoms with Gasteiger partial charge in [0.1, 0.15) is 10.9 Å². The Hall–Kier alpha value is -3.50. The first kappa shape index (κ1) is 30.5. The van der Waals surface area contributed by atoms with E-state index in [-0.39, 0.29) is 48.2 Å². The average molecular weight is 641 g/mol. The molecule has 0 saturated carbocycles. The zero-order valence-corrected chi connectivity index (χ0v) is 25.7. The van der Waals surface area contributed by atoms with Crippen molar-refractivity contribution in [3.05, 3.63) is 100 Å². The van der Waals surface area contributed by atoms with Crippen LogP contribution in [-0.2, 0) is 32.6 Å². The van der Waals surface area contributed by atoms with Gasteiger partial charge in [0.05, 0.1) is 5.56 Å². The lowest BCUT2D eigenvalue weighted by atomic mass is 10.00. The number of carbonyl (C=O) groups excluding carboxylic acids is 3. The number of carbonyl (C=O) groups is 3. The minimum absolute atomic E-state index is 0.0185. The van der Waals surface area contributed by atoms with Gasteiger partial charge >= 0.3 is 0 Å². The van der Waals surface area contributed by atoms with Crippen molar-refractivity contribution >= 4 is 43.7 Å². The van der Waals surface area contributed by atoms with Crippen LogP contribution in [0.4, 0.5) is 0 Å².